The van der Waals surface area contributed by atoms with Crippen LogP contribution in [0.25, 0.3) is 0 Å². The number of epoxide rings is 1. The zero-order valence-electron chi connectivity index (χ0n) is 2.44. The Morgan fingerprint density at radius 2 is 2.20 bits per heavy atom. The molecule has 0 aromatic rings. The third-order valence-electron chi connectivity index (χ3n) is 0.383. The number of ether oxygens (including phenoxy) is 1. The molecule has 3 heteroatoms. The minimum atomic E-state index is -0.938. The Morgan fingerprint density at radius 1 is 2.00 bits per heavy atom. The van der Waals surface area contributed by atoms with E-state index >= 15 is 0 Å². The van der Waals surface area contributed by atoms with Gasteiger partial charge < -0.3 is 9.84 Å². The second-order valence-electron chi connectivity index (χ2n) is 0.978. The number of halogens is 1. The highest BCUT2D eigenvalue weighted by molar-refractivity contribution is 9.10. The number of aliphatic hydroxyl groups is 1. The van der Waals surface area contributed by atoms with Gasteiger partial charge in [-0.3, -0.25) is 0 Å². The Kier molecular flexibility index (Phi) is 0.517. The van der Waals surface area contributed by atoms with Crippen LogP contribution in [0.2, 0.25) is 0 Å². The zero-order chi connectivity index (χ0) is 3.91. The molecular weight excluding hydrogens is 136 g/mol. The molecule has 1 saturated heterocycles. The molecule has 0 saturated carbocycles. The molecule has 0 aromatic carbocycles. The highest BCUT2D eigenvalue weighted by Gasteiger charge is 2.38. The van der Waals surface area contributed by atoms with E-state index in [1.54, 1.807) is 0 Å². The van der Waals surface area contributed by atoms with Crippen LogP contribution in [-0.4, -0.2) is 16.4 Å². The van der Waals surface area contributed by atoms with Crippen LogP contribution in [0.4, 0.5) is 0 Å². The maximum absolute atomic E-state index is 8.33. The van der Waals surface area contributed by atoms with Crippen molar-refractivity contribution in [3.8, 4) is 0 Å². The van der Waals surface area contributed by atoms with Crippen molar-refractivity contribution < 1.29 is 9.84 Å². The van der Waals surface area contributed by atoms with Crippen molar-refractivity contribution in [3.05, 3.63) is 0 Å². The van der Waals surface area contributed by atoms with E-state index in [1.807, 2.05) is 0 Å². The molecule has 0 amide bonds. The maximum atomic E-state index is 8.33. The quantitative estimate of drug-likeness (QED) is 0.380. The predicted octanol–water partition coefficient (Wildman–Crippen LogP) is 0.0576. The molecule has 2 nitrogen and oxygen atoms in total. The minimum Gasteiger partial charge on any atom is -0.355 e. The third kappa shape index (κ3) is 0.869. The number of rotatable bonds is 0. The molecule has 0 bridgehead atoms. The van der Waals surface area contributed by atoms with Gasteiger partial charge in [0.1, 0.15) is 6.61 Å². The summed E-state index contributed by atoms with van der Waals surface area (Å²) in [6, 6.07) is 0. The first-order chi connectivity index (χ1) is 2.21. The summed E-state index contributed by atoms with van der Waals surface area (Å²) in [5.74, 6) is 0. The number of hydrogen-bond donors (Lipinski definition) is 1. The Morgan fingerprint density at radius 3 is 2.20 bits per heavy atom. The summed E-state index contributed by atoms with van der Waals surface area (Å²) in [6.45, 7) is 0.424. The van der Waals surface area contributed by atoms with Gasteiger partial charge in [0.2, 0.25) is 4.70 Å². The summed E-state index contributed by atoms with van der Waals surface area (Å²) in [6.07, 6.45) is 0. The van der Waals surface area contributed by atoms with E-state index in [0.717, 1.165) is 0 Å². The van der Waals surface area contributed by atoms with Crippen molar-refractivity contribution in [1.82, 2.24) is 0 Å². The molecule has 0 aliphatic carbocycles. The number of hydrogen-bond acceptors (Lipinski definition) is 2. The Hall–Kier alpha value is 0.400. The Labute approximate surface area is 37.9 Å². The van der Waals surface area contributed by atoms with E-state index in [2.05, 4.69) is 20.7 Å². The summed E-state index contributed by atoms with van der Waals surface area (Å²) in [4.78, 5) is 0. The molecule has 1 aliphatic rings. The molecule has 0 radical (unpaired) electrons. The Bertz CT molecular complexity index is 45.6. The summed E-state index contributed by atoms with van der Waals surface area (Å²) in [7, 11) is 0. The van der Waals surface area contributed by atoms with Crippen LogP contribution in [0.3, 0.4) is 0 Å². The topological polar surface area (TPSA) is 32.8 Å². The van der Waals surface area contributed by atoms with Gasteiger partial charge in [0.05, 0.1) is 0 Å². The lowest BCUT2D eigenvalue weighted by atomic mass is 10.9. The van der Waals surface area contributed by atoms with Gasteiger partial charge >= 0.3 is 0 Å². The van der Waals surface area contributed by atoms with Crippen LogP contribution >= 0.6 is 15.9 Å². The Balaban J connectivity index is 2.38. The third-order valence-corrected chi connectivity index (χ3v) is 0.840. The average Bonchev–Trinajstić information content (AvgIpc) is 1.76. The summed E-state index contributed by atoms with van der Waals surface area (Å²) < 4.78 is 3.43. The van der Waals surface area contributed by atoms with Crippen LogP contribution in [0, 0.1) is 0 Å². The molecule has 1 atom stereocenters. The average molecular weight is 139 g/mol. The minimum absolute atomic E-state index is 0.424. The number of alkyl halides is 1. The van der Waals surface area contributed by atoms with E-state index < -0.39 is 4.70 Å². The standard InChI is InChI=1S/C2H3BrO2/c3-2(4)1-5-2/h4H,1H2. The van der Waals surface area contributed by atoms with Gasteiger partial charge in [0, 0.05) is 0 Å². The van der Waals surface area contributed by atoms with Crippen LogP contribution in [-0.2, 0) is 4.74 Å². The van der Waals surface area contributed by atoms with Gasteiger partial charge in [-0.15, -0.1) is 0 Å². The molecule has 0 spiro atoms. The first-order valence-electron chi connectivity index (χ1n) is 1.26. The van der Waals surface area contributed by atoms with Gasteiger partial charge in [-0.1, -0.05) is 0 Å². The second kappa shape index (κ2) is 0.721. The zero-order valence-corrected chi connectivity index (χ0v) is 4.03. The highest BCUT2D eigenvalue weighted by Crippen LogP contribution is 2.29. The van der Waals surface area contributed by atoms with E-state index in [9.17, 15) is 0 Å². The van der Waals surface area contributed by atoms with E-state index in [-0.39, 0.29) is 0 Å². The lowest BCUT2D eigenvalue weighted by Crippen LogP contribution is -1.91. The van der Waals surface area contributed by atoms with Crippen LogP contribution in [0.15, 0.2) is 0 Å². The van der Waals surface area contributed by atoms with Gasteiger partial charge in [0.15, 0.2) is 0 Å². The molecule has 1 heterocycles. The molecule has 1 aliphatic heterocycles. The van der Waals surface area contributed by atoms with E-state index in [1.165, 1.54) is 0 Å². The van der Waals surface area contributed by atoms with Gasteiger partial charge in [-0.05, 0) is 15.9 Å². The van der Waals surface area contributed by atoms with E-state index in [0.29, 0.717) is 6.61 Å². The predicted molar refractivity (Wildman–Crippen MR) is 19.8 cm³/mol. The summed E-state index contributed by atoms with van der Waals surface area (Å²) in [5, 5.41) is 8.33. The normalized spacial score (nSPS) is 49.2. The van der Waals surface area contributed by atoms with Crippen LogP contribution in [0.5, 0.6) is 0 Å². The molecule has 5 heavy (non-hydrogen) atoms. The molecule has 30 valence electrons. The maximum Gasteiger partial charge on any atom is 0.248 e. The fraction of sp³-hybridized carbons (Fsp3) is 1.00. The van der Waals surface area contributed by atoms with Crippen LogP contribution < -0.4 is 0 Å². The van der Waals surface area contributed by atoms with Crippen molar-refractivity contribution in [2.45, 2.75) is 4.70 Å². The van der Waals surface area contributed by atoms with Crippen molar-refractivity contribution in [3.63, 3.8) is 0 Å². The fourth-order valence-corrected chi connectivity index (χ4v) is 0.174. The SMILES string of the molecule is OC1(Br)CO1. The molecule has 1 N–H and O–H groups in total. The van der Waals surface area contributed by atoms with Crippen molar-refractivity contribution >= 4 is 15.9 Å². The summed E-state index contributed by atoms with van der Waals surface area (Å²) >= 11 is 2.82. The van der Waals surface area contributed by atoms with Crippen molar-refractivity contribution in [2.75, 3.05) is 6.61 Å². The molecular formula is C2H3BrO2. The first kappa shape index (κ1) is 3.59. The second-order valence-corrected chi connectivity index (χ2v) is 2.22. The lowest BCUT2D eigenvalue weighted by molar-refractivity contribution is 0.130. The van der Waals surface area contributed by atoms with Gasteiger partial charge in [-0.25, -0.2) is 0 Å². The lowest BCUT2D eigenvalue weighted by Gasteiger charge is -1.78. The molecule has 1 unspecified atom stereocenters. The molecule has 1 fully saturated rings. The van der Waals surface area contributed by atoms with Crippen molar-refractivity contribution in [1.29, 1.82) is 0 Å². The van der Waals surface area contributed by atoms with Crippen LogP contribution in [0.1, 0.15) is 0 Å². The molecule has 1 rings (SSSR count). The fourth-order valence-electron chi connectivity index (χ4n) is 0.0596. The van der Waals surface area contributed by atoms with Gasteiger partial charge in [-0.2, -0.15) is 0 Å². The summed E-state index contributed by atoms with van der Waals surface area (Å²) in [5.41, 5.74) is 0. The molecule has 0 aromatic heterocycles. The van der Waals surface area contributed by atoms with Gasteiger partial charge in [0.25, 0.3) is 0 Å². The largest absolute Gasteiger partial charge is 0.355 e. The first-order valence-corrected chi connectivity index (χ1v) is 2.05. The monoisotopic (exact) mass is 138 g/mol. The van der Waals surface area contributed by atoms with E-state index in [4.69, 9.17) is 5.11 Å². The van der Waals surface area contributed by atoms with Crippen molar-refractivity contribution in [2.24, 2.45) is 0 Å². The smallest absolute Gasteiger partial charge is 0.248 e. The highest BCUT2D eigenvalue weighted by atomic mass is 79.9.